The second-order valence-corrected chi connectivity index (χ2v) is 16.6. The molecule has 9 aromatic carbocycles. The lowest BCUT2D eigenvalue weighted by Gasteiger charge is -2.30. The zero-order valence-electron chi connectivity index (χ0n) is 31.2. The zero-order chi connectivity index (χ0) is 37.9. The van der Waals surface area contributed by atoms with E-state index in [1.807, 2.05) is 23.5 Å². The molecule has 3 nitrogen and oxygen atoms in total. The van der Waals surface area contributed by atoms with Crippen LogP contribution in [0.2, 0.25) is 0 Å². The number of nitrogens with zero attached hydrogens (tertiary/aromatic N) is 2. The fourth-order valence-electron chi connectivity index (χ4n) is 9.79. The molecule has 0 saturated carbocycles. The van der Waals surface area contributed by atoms with Crippen molar-refractivity contribution in [2.24, 2.45) is 0 Å². The maximum atomic E-state index is 6.23. The van der Waals surface area contributed by atoms with E-state index in [1.165, 1.54) is 69.5 Å². The van der Waals surface area contributed by atoms with Gasteiger partial charge < -0.3 is 4.42 Å². The second-order valence-electron chi connectivity index (χ2n) is 15.6. The molecule has 58 heavy (non-hydrogen) atoms. The van der Waals surface area contributed by atoms with E-state index in [0.717, 1.165) is 61.9 Å². The Hall–Kier alpha value is -7.14. The first-order valence-corrected chi connectivity index (χ1v) is 20.7. The van der Waals surface area contributed by atoms with Crippen molar-refractivity contribution in [2.45, 2.75) is 12.3 Å². The Balaban J connectivity index is 1.06. The van der Waals surface area contributed by atoms with Crippen LogP contribution in [0.25, 0.3) is 108 Å². The topological polar surface area (TPSA) is 38.9 Å². The molecule has 0 amide bonds. The predicted octanol–water partition coefficient (Wildman–Crippen LogP) is 14.9. The van der Waals surface area contributed by atoms with Gasteiger partial charge in [-0.25, -0.2) is 9.97 Å². The van der Waals surface area contributed by atoms with Gasteiger partial charge in [-0.2, -0.15) is 0 Å². The number of hydrogen-bond donors (Lipinski definition) is 0. The number of hydrogen-bond acceptors (Lipinski definition) is 4. The van der Waals surface area contributed by atoms with Crippen molar-refractivity contribution in [3.05, 3.63) is 193 Å². The summed E-state index contributed by atoms with van der Waals surface area (Å²) in [6, 6.07) is 63.9. The molecule has 0 unspecified atom stereocenters. The van der Waals surface area contributed by atoms with E-state index in [2.05, 4.69) is 164 Å². The van der Waals surface area contributed by atoms with Crippen LogP contribution in [-0.4, -0.2) is 9.97 Å². The second kappa shape index (κ2) is 12.2. The van der Waals surface area contributed by atoms with E-state index in [-0.39, 0.29) is 5.92 Å². The molecule has 3 aromatic heterocycles. The molecule has 1 aliphatic rings. The minimum absolute atomic E-state index is 0.138. The largest absolute Gasteiger partial charge is 0.456 e. The van der Waals surface area contributed by atoms with Crippen LogP contribution in [0.3, 0.4) is 0 Å². The SMILES string of the molecule is c1ccc2c(c1)-c1ccc3c(ccc4ccccc43)c1C[C@H]2c1cc(-c2nc(-c3ccc4oc5ccccc5c4c3)c3ccccc3n2)c2sc3ccccc3c2c1. The number of benzene rings is 9. The summed E-state index contributed by atoms with van der Waals surface area (Å²) in [5.41, 5.74) is 12.4. The fourth-order valence-corrected chi connectivity index (χ4v) is 11.0. The van der Waals surface area contributed by atoms with E-state index >= 15 is 0 Å². The Morgan fingerprint density at radius 2 is 1.24 bits per heavy atom. The van der Waals surface area contributed by atoms with Crippen LogP contribution in [0.4, 0.5) is 0 Å². The van der Waals surface area contributed by atoms with Crippen LogP contribution in [0, 0.1) is 0 Å². The van der Waals surface area contributed by atoms with E-state index in [1.54, 1.807) is 0 Å². The molecule has 3 heterocycles. The maximum Gasteiger partial charge on any atom is 0.161 e. The highest BCUT2D eigenvalue weighted by Crippen LogP contribution is 2.49. The number of fused-ring (bicyclic) bond motifs is 14. The Morgan fingerprint density at radius 3 is 2.19 bits per heavy atom. The van der Waals surface area contributed by atoms with Crippen LogP contribution < -0.4 is 0 Å². The van der Waals surface area contributed by atoms with Gasteiger partial charge in [0.15, 0.2) is 5.82 Å². The highest BCUT2D eigenvalue weighted by atomic mass is 32.1. The fraction of sp³-hybridized carbons (Fsp3) is 0.0370. The summed E-state index contributed by atoms with van der Waals surface area (Å²) in [7, 11) is 0. The van der Waals surface area contributed by atoms with E-state index in [4.69, 9.17) is 14.4 Å². The molecule has 13 rings (SSSR count). The number of thiophene rings is 1. The third-order valence-electron chi connectivity index (χ3n) is 12.5. The predicted molar refractivity (Wildman–Crippen MR) is 243 cm³/mol. The summed E-state index contributed by atoms with van der Waals surface area (Å²) in [6.45, 7) is 0. The molecule has 0 fully saturated rings. The lowest BCUT2D eigenvalue weighted by molar-refractivity contribution is 0.669. The molecule has 1 aliphatic carbocycles. The van der Waals surface area contributed by atoms with Crippen molar-refractivity contribution in [3.8, 4) is 33.8 Å². The molecule has 270 valence electrons. The standard InChI is InChI=1S/C54H32N2OS/c1-2-12-34-31(11-1)21-23-38-37(34)24-25-39-35-13-3-4-14-36(35)43(30-44(38)39)33-28-46-41-16-7-10-20-51(41)58-53(46)47(29-33)54-55-48-18-8-5-17-42(48)52(56-54)32-22-26-50-45(27-32)40-15-6-9-19-49(40)57-50/h1-29,43H,30H2/t43-/m0/s1. The van der Waals surface area contributed by atoms with E-state index in [9.17, 15) is 0 Å². The summed E-state index contributed by atoms with van der Waals surface area (Å²) in [6.07, 6.45) is 0.900. The lowest BCUT2D eigenvalue weighted by atomic mass is 9.74. The quantitative estimate of drug-likeness (QED) is 0.169. The van der Waals surface area contributed by atoms with Crippen molar-refractivity contribution in [3.63, 3.8) is 0 Å². The first-order valence-electron chi connectivity index (χ1n) is 19.9. The van der Waals surface area contributed by atoms with Gasteiger partial charge in [-0.15, -0.1) is 11.3 Å². The average molecular weight is 757 g/mol. The first kappa shape index (κ1) is 32.0. The molecule has 0 spiro atoms. The molecule has 12 aromatic rings. The molecule has 0 N–H and O–H groups in total. The lowest BCUT2D eigenvalue weighted by Crippen LogP contribution is -2.13. The highest BCUT2D eigenvalue weighted by molar-refractivity contribution is 7.26. The third-order valence-corrected chi connectivity index (χ3v) is 13.7. The number of rotatable bonds is 3. The number of aromatic nitrogens is 2. The van der Waals surface area contributed by atoms with Gasteiger partial charge in [-0.05, 0) is 104 Å². The summed E-state index contributed by atoms with van der Waals surface area (Å²) in [5.74, 6) is 0.880. The minimum atomic E-state index is 0.138. The normalized spacial score (nSPS) is 14.0. The molecular formula is C54H32N2OS. The summed E-state index contributed by atoms with van der Waals surface area (Å²) in [5, 5.41) is 11.0. The minimum Gasteiger partial charge on any atom is -0.456 e. The van der Waals surface area contributed by atoms with E-state index in [0.29, 0.717) is 0 Å². The Morgan fingerprint density at radius 1 is 0.483 bits per heavy atom. The van der Waals surface area contributed by atoms with Crippen LogP contribution in [0.15, 0.2) is 180 Å². The van der Waals surface area contributed by atoms with Crippen molar-refractivity contribution in [1.29, 1.82) is 0 Å². The Bertz CT molecular complexity index is 3690. The summed E-state index contributed by atoms with van der Waals surface area (Å²) in [4.78, 5) is 10.9. The van der Waals surface area contributed by atoms with Crippen molar-refractivity contribution in [1.82, 2.24) is 9.97 Å². The van der Waals surface area contributed by atoms with Crippen LogP contribution >= 0.6 is 11.3 Å². The van der Waals surface area contributed by atoms with Gasteiger partial charge in [-0.1, -0.05) is 127 Å². The summed E-state index contributed by atoms with van der Waals surface area (Å²) < 4.78 is 8.71. The Kier molecular flexibility index (Phi) is 6.72. The molecule has 4 heteroatoms. The van der Waals surface area contributed by atoms with Crippen LogP contribution in [0.1, 0.15) is 22.6 Å². The van der Waals surface area contributed by atoms with E-state index < -0.39 is 0 Å². The number of furan rings is 1. The van der Waals surface area contributed by atoms with Gasteiger partial charge in [-0.3, -0.25) is 0 Å². The molecule has 0 aliphatic heterocycles. The Labute approximate surface area is 337 Å². The van der Waals surface area contributed by atoms with Gasteiger partial charge >= 0.3 is 0 Å². The first-order chi connectivity index (χ1) is 28.7. The maximum absolute atomic E-state index is 6.23. The van der Waals surface area contributed by atoms with Gasteiger partial charge in [0.2, 0.25) is 0 Å². The van der Waals surface area contributed by atoms with Gasteiger partial charge in [0.25, 0.3) is 0 Å². The molecular weight excluding hydrogens is 725 g/mol. The monoisotopic (exact) mass is 756 g/mol. The van der Waals surface area contributed by atoms with Crippen molar-refractivity contribution in [2.75, 3.05) is 0 Å². The zero-order valence-corrected chi connectivity index (χ0v) is 32.1. The number of para-hydroxylation sites is 2. The van der Waals surface area contributed by atoms with Crippen LogP contribution in [-0.2, 0) is 6.42 Å². The molecule has 0 radical (unpaired) electrons. The molecule has 1 atom stereocenters. The molecule has 0 bridgehead atoms. The van der Waals surface area contributed by atoms with Gasteiger partial charge in [0.05, 0.1) is 11.2 Å². The molecule has 0 saturated heterocycles. The van der Waals surface area contributed by atoms with Crippen LogP contribution in [0.5, 0.6) is 0 Å². The van der Waals surface area contributed by atoms with Gasteiger partial charge in [0, 0.05) is 53.4 Å². The average Bonchev–Trinajstić information content (AvgIpc) is 3.86. The third kappa shape index (κ3) is 4.67. The van der Waals surface area contributed by atoms with Crippen molar-refractivity contribution >= 4 is 85.9 Å². The van der Waals surface area contributed by atoms with Gasteiger partial charge in [0.1, 0.15) is 11.2 Å². The van der Waals surface area contributed by atoms with Crippen molar-refractivity contribution < 1.29 is 4.42 Å². The highest BCUT2D eigenvalue weighted by Gasteiger charge is 2.29. The summed E-state index contributed by atoms with van der Waals surface area (Å²) >= 11 is 1.83. The smallest absolute Gasteiger partial charge is 0.161 e.